The van der Waals surface area contributed by atoms with Crippen LogP contribution < -0.4 is 0 Å². The smallest absolute Gasteiger partial charge is 0.170 e. The zero-order valence-electron chi connectivity index (χ0n) is 10.3. The van der Waals surface area contributed by atoms with E-state index in [4.69, 9.17) is 11.6 Å². The number of rotatable bonds is 5. The lowest BCUT2D eigenvalue weighted by Crippen LogP contribution is -2.10. The van der Waals surface area contributed by atoms with Crippen LogP contribution in [0.15, 0.2) is 36.7 Å². The van der Waals surface area contributed by atoms with Crippen LogP contribution >= 0.6 is 11.6 Å². The molecule has 2 rings (SSSR count). The summed E-state index contributed by atoms with van der Waals surface area (Å²) in [5, 5.41) is 0.581. The first-order chi connectivity index (χ1) is 8.70. The van der Waals surface area contributed by atoms with Crippen molar-refractivity contribution < 1.29 is 4.79 Å². The summed E-state index contributed by atoms with van der Waals surface area (Å²) in [6.07, 6.45) is 4.97. The molecule has 0 aliphatic heterocycles. The van der Waals surface area contributed by atoms with Gasteiger partial charge in [-0.15, -0.1) is 0 Å². The molecule has 0 aliphatic rings. The van der Waals surface area contributed by atoms with E-state index in [9.17, 15) is 4.79 Å². The van der Waals surface area contributed by atoms with Crippen molar-refractivity contribution in [3.63, 3.8) is 0 Å². The third-order valence-corrected chi connectivity index (χ3v) is 2.97. The molecule has 2 aromatic rings. The van der Waals surface area contributed by atoms with Gasteiger partial charge in [-0.2, -0.15) is 0 Å². The van der Waals surface area contributed by atoms with Gasteiger partial charge >= 0.3 is 0 Å². The Hall–Kier alpha value is -1.61. The fourth-order valence-electron chi connectivity index (χ4n) is 1.86. The van der Waals surface area contributed by atoms with E-state index in [1.807, 2.05) is 10.8 Å². The largest absolute Gasteiger partial charge is 0.335 e. The van der Waals surface area contributed by atoms with Crippen molar-refractivity contribution >= 4 is 17.4 Å². The van der Waals surface area contributed by atoms with E-state index in [1.165, 1.54) is 0 Å². The molecule has 3 nitrogen and oxygen atoms in total. The first-order valence-corrected chi connectivity index (χ1v) is 6.37. The molecule has 0 atom stereocenters. The summed E-state index contributed by atoms with van der Waals surface area (Å²) in [4.78, 5) is 16.3. The second-order valence-corrected chi connectivity index (χ2v) is 4.58. The predicted molar refractivity (Wildman–Crippen MR) is 72.0 cm³/mol. The average molecular weight is 263 g/mol. The molecule has 0 spiro atoms. The van der Waals surface area contributed by atoms with Crippen molar-refractivity contribution in [2.24, 2.45) is 0 Å². The fraction of sp³-hybridized carbons (Fsp3) is 0.286. The molecular formula is C14H15ClN2O. The first-order valence-electron chi connectivity index (χ1n) is 5.99. The number of Topliss-reactive ketones (excluding diaryl/α,β-unsaturated/α-hetero) is 1. The lowest BCUT2D eigenvalue weighted by atomic mass is 10.1. The fourth-order valence-corrected chi connectivity index (χ4v) is 2.05. The summed E-state index contributed by atoms with van der Waals surface area (Å²) in [6.45, 7) is 2.99. The summed E-state index contributed by atoms with van der Waals surface area (Å²) in [6, 6.07) is 7.02. The minimum absolute atomic E-state index is 0.0426. The van der Waals surface area contributed by atoms with Crippen LogP contribution in [0, 0.1) is 0 Å². The topological polar surface area (TPSA) is 34.9 Å². The van der Waals surface area contributed by atoms with Gasteiger partial charge in [-0.05, 0) is 18.6 Å². The summed E-state index contributed by atoms with van der Waals surface area (Å²) in [5.74, 6) is 0.850. The molecule has 0 bridgehead atoms. The maximum atomic E-state index is 12.1. The van der Waals surface area contributed by atoms with Crippen molar-refractivity contribution in [2.45, 2.75) is 26.3 Å². The van der Waals surface area contributed by atoms with Crippen molar-refractivity contribution in [1.29, 1.82) is 0 Å². The number of halogens is 1. The van der Waals surface area contributed by atoms with Gasteiger partial charge < -0.3 is 4.57 Å². The van der Waals surface area contributed by atoms with Crippen molar-refractivity contribution in [2.75, 3.05) is 0 Å². The number of carbonyl (C=O) groups excluding carboxylic acids is 1. The van der Waals surface area contributed by atoms with E-state index in [1.54, 1.807) is 30.5 Å². The van der Waals surface area contributed by atoms with E-state index in [2.05, 4.69) is 11.9 Å². The van der Waals surface area contributed by atoms with Crippen LogP contribution in [0.2, 0.25) is 5.02 Å². The van der Waals surface area contributed by atoms with Gasteiger partial charge in [0.25, 0.3) is 0 Å². The number of aryl methyl sites for hydroxylation is 1. The van der Waals surface area contributed by atoms with Gasteiger partial charge in [0.15, 0.2) is 5.78 Å². The van der Waals surface area contributed by atoms with E-state index < -0.39 is 0 Å². The van der Waals surface area contributed by atoms with Crippen LogP contribution in [0.25, 0.3) is 0 Å². The summed E-state index contributed by atoms with van der Waals surface area (Å²) < 4.78 is 2.02. The van der Waals surface area contributed by atoms with Crippen LogP contribution in [0.5, 0.6) is 0 Å². The third-order valence-electron chi connectivity index (χ3n) is 2.73. The highest BCUT2D eigenvalue weighted by molar-refractivity contribution is 6.31. The average Bonchev–Trinajstić information content (AvgIpc) is 2.77. The van der Waals surface area contributed by atoms with E-state index in [0.29, 0.717) is 17.0 Å². The molecule has 0 saturated carbocycles. The molecule has 0 N–H and O–H groups in total. The minimum atomic E-state index is 0.0426. The van der Waals surface area contributed by atoms with Crippen LogP contribution in [0.4, 0.5) is 0 Å². The molecule has 94 valence electrons. The second kappa shape index (κ2) is 5.83. The molecule has 0 amide bonds. The molecule has 1 aromatic heterocycles. The highest BCUT2D eigenvalue weighted by atomic mass is 35.5. The highest BCUT2D eigenvalue weighted by Crippen LogP contribution is 2.13. The highest BCUT2D eigenvalue weighted by Gasteiger charge is 2.11. The Morgan fingerprint density at radius 2 is 2.28 bits per heavy atom. The zero-order chi connectivity index (χ0) is 13.0. The number of benzene rings is 1. The van der Waals surface area contributed by atoms with Gasteiger partial charge in [0.2, 0.25) is 0 Å². The SMILES string of the molecule is CCCn1ccnc1CC(=O)c1cccc(Cl)c1. The Kier molecular flexibility index (Phi) is 4.15. The molecule has 0 unspecified atom stereocenters. The Bertz CT molecular complexity index is 548. The number of aromatic nitrogens is 2. The van der Waals surface area contributed by atoms with Gasteiger partial charge in [0.1, 0.15) is 5.82 Å². The van der Waals surface area contributed by atoms with Crippen LogP contribution in [0.1, 0.15) is 29.5 Å². The lowest BCUT2D eigenvalue weighted by molar-refractivity contribution is 0.0989. The Morgan fingerprint density at radius 1 is 1.44 bits per heavy atom. The Balaban J connectivity index is 2.14. The molecule has 1 heterocycles. The minimum Gasteiger partial charge on any atom is -0.335 e. The predicted octanol–water partition coefficient (Wildman–Crippen LogP) is 3.37. The maximum Gasteiger partial charge on any atom is 0.170 e. The third kappa shape index (κ3) is 2.99. The van der Waals surface area contributed by atoms with Gasteiger partial charge in [0.05, 0.1) is 6.42 Å². The van der Waals surface area contributed by atoms with Crippen LogP contribution in [-0.2, 0) is 13.0 Å². The number of carbonyl (C=O) groups is 1. The standard InChI is InChI=1S/C14H15ClN2O/c1-2-7-17-8-6-16-14(17)10-13(18)11-4-3-5-12(15)9-11/h3-6,8-9H,2,7,10H2,1H3. The van der Waals surface area contributed by atoms with Gasteiger partial charge in [-0.25, -0.2) is 4.98 Å². The number of nitrogens with zero attached hydrogens (tertiary/aromatic N) is 2. The number of imidazole rings is 1. The number of hydrogen-bond acceptors (Lipinski definition) is 2. The molecular weight excluding hydrogens is 248 g/mol. The van der Waals surface area contributed by atoms with E-state index >= 15 is 0 Å². The molecule has 0 aliphatic carbocycles. The van der Waals surface area contributed by atoms with E-state index in [0.717, 1.165) is 18.8 Å². The summed E-state index contributed by atoms with van der Waals surface area (Å²) in [5.41, 5.74) is 0.633. The quantitative estimate of drug-likeness (QED) is 0.775. The molecule has 0 fully saturated rings. The normalized spacial score (nSPS) is 10.6. The summed E-state index contributed by atoms with van der Waals surface area (Å²) >= 11 is 5.88. The van der Waals surface area contributed by atoms with Gasteiger partial charge in [-0.1, -0.05) is 30.7 Å². The monoisotopic (exact) mass is 262 g/mol. The van der Waals surface area contributed by atoms with Crippen molar-refractivity contribution in [3.8, 4) is 0 Å². The van der Waals surface area contributed by atoms with Crippen LogP contribution in [-0.4, -0.2) is 15.3 Å². The lowest BCUT2D eigenvalue weighted by Gasteiger charge is -2.05. The van der Waals surface area contributed by atoms with E-state index in [-0.39, 0.29) is 5.78 Å². The first kappa shape index (κ1) is 12.8. The van der Waals surface area contributed by atoms with Crippen LogP contribution in [0.3, 0.4) is 0 Å². The Morgan fingerprint density at radius 3 is 3.00 bits per heavy atom. The number of hydrogen-bond donors (Lipinski definition) is 0. The van der Waals surface area contributed by atoms with Gasteiger partial charge in [-0.3, -0.25) is 4.79 Å². The molecule has 0 radical (unpaired) electrons. The molecule has 1 aromatic carbocycles. The molecule has 4 heteroatoms. The van der Waals surface area contributed by atoms with Gasteiger partial charge in [0, 0.05) is 29.5 Å². The number of ketones is 1. The molecule has 0 saturated heterocycles. The Labute approximate surface area is 111 Å². The van der Waals surface area contributed by atoms with Crippen molar-refractivity contribution in [3.05, 3.63) is 53.1 Å². The molecule has 18 heavy (non-hydrogen) atoms. The van der Waals surface area contributed by atoms with Crippen molar-refractivity contribution in [1.82, 2.24) is 9.55 Å². The zero-order valence-corrected chi connectivity index (χ0v) is 11.0. The maximum absolute atomic E-state index is 12.1. The summed E-state index contributed by atoms with van der Waals surface area (Å²) in [7, 11) is 0. The second-order valence-electron chi connectivity index (χ2n) is 4.15.